The molecular weight excluding hydrogens is 619 g/mol. The number of amides is 1. The van der Waals surface area contributed by atoms with Gasteiger partial charge >= 0.3 is 10.9 Å². The molecule has 0 atom stereocenters. The second-order valence-corrected chi connectivity index (χ2v) is 12.1. The Morgan fingerprint density at radius 1 is 1.00 bits per heavy atom. The Morgan fingerprint density at radius 3 is 2.36 bits per heavy atom. The topological polar surface area (TPSA) is 187 Å². The van der Waals surface area contributed by atoms with Crippen molar-refractivity contribution in [3.63, 3.8) is 0 Å². The number of para-hydroxylation sites is 1. The van der Waals surface area contributed by atoms with E-state index < -0.39 is 20.7 Å². The fourth-order valence-corrected chi connectivity index (χ4v) is 6.02. The first-order valence-corrected chi connectivity index (χ1v) is 16.0. The molecule has 0 radical (unpaired) electrons. The number of benzene rings is 3. The summed E-state index contributed by atoms with van der Waals surface area (Å²) in [5.41, 5.74) is 2.18. The van der Waals surface area contributed by atoms with Crippen LogP contribution in [0.5, 0.6) is 5.88 Å². The summed E-state index contributed by atoms with van der Waals surface area (Å²) in [6, 6.07) is 28.1. The van der Waals surface area contributed by atoms with E-state index in [0.717, 1.165) is 23.0 Å². The van der Waals surface area contributed by atoms with E-state index in [1.54, 1.807) is 6.07 Å². The summed E-state index contributed by atoms with van der Waals surface area (Å²) in [7, 11) is -4.23. The summed E-state index contributed by atoms with van der Waals surface area (Å²) in [6.07, 6.45) is 0.281. The van der Waals surface area contributed by atoms with Crippen LogP contribution in [-0.4, -0.2) is 48.4 Å². The minimum Gasteiger partial charge on any atom is -0.454 e. The van der Waals surface area contributed by atoms with E-state index >= 15 is 0 Å². The number of rotatable bonds is 13. The molecule has 5 aromatic rings. The molecule has 0 saturated heterocycles. The van der Waals surface area contributed by atoms with Crippen molar-refractivity contribution in [2.45, 2.75) is 21.5 Å². The Balaban J connectivity index is 1.19. The van der Waals surface area contributed by atoms with Crippen molar-refractivity contribution in [2.24, 2.45) is 0 Å². The van der Waals surface area contributed by atoms with Crippen molar-refractivity contribution in [3.05, 3.63) is 102 Å². The van der Waals surface area contributed by atoms with Gasteiger partial charge in [0.05, 0.1) is 28.1 Å². The number of nitrogens with one attached hydrogen (secondary N) is 2. The van der Waals surface area contributed by atoms with Gasteiger partial charge in [-0.1, -0.05) is 78.5 Å². The lowest BCUT2D eigenvalue weighted by atomic mass is 10.1. The minimum absolute atomic E-state index is 0.00923. The van der Waals surface area contributed by atoms with Gasteiger partial charge in [0.1, 0.15) is 11.6 Å². The van der Waals surface area contributed by atoms with E-state index in [0.29, 0.717) is 16.7 Å². The average Bonchev–Trinajstić information content (AvgIpc) is 3.45. The molecule has 13 nitrogen and oxygen atoms in total. The number of hydrogen-bond donors (Lipinski definition) is 2. The molecule has 0 fully saturated rings. The molecule has 15 heteroatoms. The van der Waals surface area contributed by atoms with E-state index in [9.17, 15) is 23.7 Å². The van der Waals surface area contributed by atoms with Gasteiger partial charge in [0.15, 0.2) is 11.0 Å². The maximum Gasteiger partial charge on any atom is 0.414 e. The largest absolute Gasteiger partial charge is 0.454 e. The fourth-order valence-electron chi connectivity index (χ4n) is 4.06. The van der Waals surface area contributed by atoms with Gasteiger partial charge in [-0.15, -0.1) is 0 Å². The lowest BCUT2D eigenvalue weighted by molar-refractivity contribution is -0.832. The lowest BCUT2D eigenvalue weighted by Gasteiger charge is -2.13. The van der Waals surface area contributed by atoms with Crippen LogP contribution in [0.3, 0.4) is 0 Å². The highest BCUT2D eigenvalue weighted by Crippen LogP contribution is 2.30. The van der Waals surface area contributed by atoms with Gasteiger partial charge in [-0.3, -0.25) is 9.42 Å². The smallest absolute Gasteiger partial charge is 0.414 e. The molecule has 0 aliphatic rings. The number of aromatic nitrogens is 4. The molecule has 2 aromatic heterocycles. The summed E-state index contributed by atoms with van der Waals surface area (Å²) in [4.78, 5) is 21.4. The SMILES string of the molecule is N#Cc1c(Nc2ccccc2)nc(SCC(=O)NCCCOc2no[n+]([O-])c2S(=O)(=O)c2ccccc2)nc1-c1ccccc1. The van der Waals surface area contributed by atoms with Crippen LogP contribution in [0.1, 0.15) is 12.0 Å². The molecule has 0 unspecified atom stereocenters. The molecule has 5 rings (SSSR count). The first-order chi connectivity index (χ1) is 21.9. The average molecular weight is 644 g/mol. The number of nitriles is 1. The van der Waals surface area contributed by atoms with Gasteiger partial charge in [-0.2, -0.15) is 5.26 Å². The first kappa shape index (κ1) is 31.0. The van der Waals surface area contributed by atoms with Gasteiger partial charge in [0.2, 0.25) is 5.91 Å². The number of carbonyl (C=O) groups excluding carboxylic acids is 1. The third-order valence-electron chi connectivity index (χ3n) is 6.15. The van der Waals surface area contributed by atoms with Crippen LogP contribution >= 0.6 is 11.8 Å². The highest BCUT2D eigenvalue weighted by atomic mass is 32.2. The van der Waals surface area contributed by atoms with Crippen LogP contribution in [-0.2, 0) is 14.6 Å². The zero-order valence-electron chi connectivity index (χ0n) is 23.5. The molecule has 1 amide bonds. The van der Waals surface area contributed by atoms with Crippen LogP contribution in [0.15, 0.2) is 111 Å². The zero-order valence-corrected chi connectivity index (χ0v) is 25.1. The number of hydrogen-bond acceptors (Lipinski definition) is 12. The van der Waals surface area contributed by atoms with Crippen molar-refractivity contribution >= 4 is 39.0 Å². The third-order valence-corrected chi connectivity index (χ3v) is 8.73. The maximum absolute atomic E-state index is 12.9. The molecule has 0 saturated carbocycles. The first-order valence-electron chi connectivity index (χ1n) is 13.5. The van der Waals surface area contributed by atoms with Crippen LogP contribution < -0.4 is 20.3 Å². The summed E-state index contributed by atoms with van der Waals surface area (Å²) in [6.45, 7) is 0.143. The zero-order chi connectivity index (χ0) is 31.6. The molecular formula is C30H25N7O6S2. The number of thioether (sulfide) groups is 1. The monoisotopic (exact) mass is 643 g/mol. The summed E-state index contributed by atoms with van der Waals surface area (Å²) >= 11 is 1.11. The van der Waals surface area contributed by atoms with Crippen molar-refractivity contribution in [1.82, 2.24) is 20.4 Å². The molecule has 0 aliphatic carbocycles. The predicted octanol–water partition coefficient (Wildman–Crippen LogP) is 3.89. The highest BCUT2D eigenvalue weighted by molar-refractivity contribution is 7.99. The third kappa shape index (κ3) is 7.55. The summed E-state index contributed by atoms with van der Waals surface area (Å²) in [5, 5.41) is 30.9. The lowest BCUT2D eigenvalue weighted by Crippen LogP contribution is -2.31. The van der Waals surface area contributed by atoms with Gasteiger partial charge in [0, 0.05) is 17.8 Å². The molecule has 45 heavy (non-hydrogen) atoms. The Morgan fingerprint density at radius 2 is 1.67 bits per heavy atom. The van der Waals surface area contributed by atoms with E-state index in [4.69, 9.17) is 4.74 Å². The number of ether oxygens (including phenoxy) is 1. The van der Waals surface area contributed by atoms with Crippen molar-refractivity contribution < 1.29 is 27.5 Å². The molecule has 0 aliphatic heterocycles. The Labute approximate surface area is 262 Å². The van der Waals surface area contributed by atoms with Crippen molar-refractivity contribution in [2.75, 3.05) is 24.2 Å². The van der Waals surface area contributed by atoms with Gasteiger partial charge in [0.25, 0.3) is 9.84 Å². The number of nitrogens with zero attached hydrogens (tertiary/aromatic N) is 5. The molecule has 0 spiro atoms. The molecule has 2 N–H and O–H groups in total. The second kappa shape index (κ2) is 14.3. The normalized spacial score (nSPS) is 11.0. The molecule has 2 heterocycles. The van der Waals surface area contributed by atoms with Crippen LogP contribution in [0, 0.1) is 16.5 Å². The van der Waals surface area contributed by atoms with Crippen LogP contribution in [0.25, 0.3) is 11.3 Å². The van der Waals surface area contributed by atoms with Crippen molar-refractivity contribution in [3.8, 4) is 23.2 Å². The Bertz CT molecular complexity index is 1920. The van der Waals surface area contributed by atoms with E-state index in [1.807, 2.05) is 60.7 Å². The molecule has 228 valence electrons. The highest BCUT2D eigenvalue weighted by Gasteiger charge is 2.35. The van der Waals surface area contributed by atoms with Gasteiger partial charge < -0.3 is 20.6 Å². The van der Waals surface area contributed by atoms with Crippen LogP contribution in [0.2, 0.25) is 0 Å². The fraction of sp³-hybridized carbons (Fsp3) is 0.133. The summed E-state index contributed by atoms with van der Waals surface area (Å²) < 4.78 is 35.6. The quantitative estimate of drug-likeness (QED) is 0.0817. The van der Waals surface area contributed by atoms with Crippen LogP contribution in [0.4, 0.5) is 11.5 Å². The van der Waals surface area contributed by atoms with E-state index in [-0.39, 0.29) is 46.6 Å². The maximum atomic E-state index is 12.9. The number of anilines is 2. The standard InChI is InChI=1S/C30H25N7O6S2/c31-19-24-26(21-11-4-1-5-12-21)34-30(35-27(24)33-22-13-6-2-7-14-22)44-20-25(38)32-17-10-18-42-28-29(37(39)43-36-28)45(40,41)23-15-8-3-9-16-23/h1-9,11-16H,10,17-18,20H2,(H,32,38)(H,33,34,35). The molecule has 0 bridgehead atoms. The number of sulfone groups is 1. The van der Waals surface area contributed by atoms with Gasteiger partial charge in [-0.05, 0) is 35.6 Å². The predicted molar refractivity (Wildman–Crippen MR) is 163 cm³/mol. The minimum atomic E-state index is -4.23. The van der Waals surface area contributed by atoms with E-state index in [1.165, 1.54) is 24.3 Å². The molecule has 3 aromatic carbocycles. The second-order valence-electron chi connectivity index (χ2n) is 9.24. The summed E-state index contributed by atoms with van der Waals surface area (Å²) in [5.74, 6) is -0.468. The Kier molecular flexibility index (Phi) is 9.87. The van der Waals surface area contributed by atoms with E-state index in [2.05, 4.69) is 36.5 Å². The Hall–Kier alpha value is -5.46. The van der Waals surface area contributed by atoms with Crippen molar-refractivity contribution in [1.29, 1.82) is 5.26 Å². The van der Waals surface area contributed by atoms with Gasteiger partial charge in [-0.25, -0.2) is 18.4 Å². The number of carbonyl (C=O) groups is 1.